The van der Waals surface area contributed by atoms with Crippen LogP contribution in [-0.2, 0) is 11.2 Å². The predicted octanol–water partition coefficient (Wildman–Crippen LogP) is 3.29. The van der Waals surface area contributed by atoms with E-state index in [1.807, 2.05) is 13.0 Å². The highest BCUT2D eigenvalue weighted by Crippen LogP contribution is 2.17. The number of halogens is 1. The summed E-state index contributed by atoms with van der Waals surface area (Å²) in [5.74, 6) is -1.57. The second-order valence-corrected chi connectivity index (χ2v) is 7.31. The normalized spacial score (nSPS) is 10.5. The number of methoxy groups -OCH3 is 1. The molecule has 0 spiro atoms. The summed E-state index contributed by atoms with van der Waals surface area (Å²) >= 11 is 0. The fraction of sp³-hybridized carbons (Fsp3) is 0.167. The van der Waals surface area contributed by atoms with E-state index in [0.29, 0.717) is 27.9 Å². The van der Waals surface area contributed by atoms with Gasteiger partial charge >= 0.3 is 5.97 Å². The molecular formula is C24H23FN4O3. The van der Waals surface area contributed by atoms with Gasteiger partial charge in [0.25, 0.3) is 5.91 Å². The molecule has 0 aliphatic carbocycles. The predicted molar refractivity (Wildman–Crippen MR) is 120 cm³/mol. The number of nitrogens with two attached hydrogens (primary N) is 1. The van der Waals surface area contributed by atoms with Crippen molar-refractivity contribution in [2.24, 2.45) is 0 Å². The Morgan fingerprint density at radius 1 is 1.12 bits per heavy atom. The van der Waals surface area contributed by atoms with Gasteiger partial charge in [-0.15, -0.1) is 0 Å². The number of nitrogen functional groups attached to an aromatic ring is 1. The molecule has 0 atom stereocenters. The van der Waals surface area contributed by atoms with Crippen molar-refractivity contribution in [3.8, 4) is 0 Å². The van der Waals surface area contributed by atoms with Gasteiger partial charge in [0, 0.05) is 30.1 Å². The zero-order chi connectivity index (χ0) is 23.3. The van der Waals surface area contributed by atoms with Gasteiger partial charge in [-0.05, 0) is 48.4 Å². The molecule has 0 fully saturated rings. The van der Waals surface area contributed by atoms with E-state index in [9.17, 15) is 14.0 Å². The smallest absolute Gasteiger partial charge is 0.337 e. The number of amides is 1. The van der Waals surface area contributed by atoms with Crippen molar-refractivity contribution < 1.29 is 18.7 Å². The molecular weight excluding hydrogens is 411 g/mol. The molecule has 0 unspecified atom stereocenters. The second kappa shape index (κ2) is 9.82. The summed E-state index contributed by atoms with van der Waals surface area (Å²) in [5.41, 5.74) is 9.52. The molecule has 0 saturated heterocycles. The van der Waals surface area contributed by atoms with Crippen molar-refractivity contribution in [3.63, 3.8) is 0 Å². The molecule has 0 radical (unpaired) electrons. The van der Waals surface area contributed by atoms with Crippen LogP contribution in [-0.4, -0.2) is 36.2 Å². The Balaban J connectivity index is 1.68. The van der Waals surface area contributed by atoms with Gasteiger partial charge in [0.1, 0.15) is 5.82 Å². The van der Waals surface area contributed by atoms with Crippen molar-refractivity contribution in [3.05, 3.63) is 94.1 Å². The molecule has 3 aromatic rings. The van der Waals surface area contributed by atoms with E-state index in [0.717, 1.165) is 11.6 Å². The van der Waals surface area contributed by atoms with Gasteiger partial charge in [-0.2, -0.15) is 0 Å². The third kappa shape index (κ3) is 5.34. The average Bonchev–Trinajstić information content (AvgIpc) is 2.79. The Labute approximate surface area is 184 Å². The first-order valence-corrected chi connectivity index (χ1v) is 9.81. The Morgan fingerprint density at radius 2 is 1.91 bits per heavy atom. The van der Waals surface area contributed by atoms with E-state index >= 15 is 0 Å². The maximum Gasteiger partial charge on any atom is 0.337 e. The lowest BCUT2D eigenvalue weighted by Crippen LogP contribution is -2.30. The Hall–Kier alpha value is -4.07. The van der Waals surface area contributed by atoms with E-state index in [-0.39, 0.29) is 24.2 Å². The zero-order valence-corrected chi connectivity index (χ0v) is 17.7. The first-order chi connectivity index (χ1) is 15.3. The summed E-state index contributed by atoms with van der Waals surface area (Å²) in [6, 6.07) is 11.1. The minimum Gasteiger partial charge on any atom is -0.465 e. The lowest BCUT2D eigenvalue weighted by atomic mass is 10.0. The second-order valence-electron chi connectivity index (χ2n) is 7.31. The van der Waals surface area contributed by atoms with Crippen molar-refractivity contribution in [2.45, 2.75) is 13.3 Å². The van der Waals surface area contributed by atoms with Crippen LogP contribution < -0.4 is 11.1 Å². The number of hydrogen-bond acceptors (Lipinski definition) is 6. The SMILES string of the molecule is COC(=O)c1ccc(Cc2cncc(C(=O)NCC(=N)c3cc(C)ccc3N)c2)c(F)c1. The van der Waals surface area contributed by atoms with Gasteiger partial charge in [-0.3, -0.25) is 9.78 Å². The first kappa shape index (κ1) is 22.6. The van der Waals surface area contributed by atoms with E-state index < -0.39 is 17.7 Å². The lowest BCUT2D eigenvalue weighted by molar-refractivity contribution is 0.0600. The van der Waals surface area contributed by atoms with Crippen LogP contribution in [0.15, 0.2) is 54.9 Å². The molecule has 0 saturated carbocycles. The number of hydrogen-bond donors (Lipinski definition) is 3. The Kier molecular flexibility index (Phi) is 6.94. The number of nitrogens with zero attached hydrogens (tertiary/aromatic N) is 1. The zero-order valence-electron chi connectivity index (χ0n) is 17.7. The number of benzene rings is 2. The number of rotatable bonds is 7. The number of carbonyl (C=O) groups is 2. The van der Waals surface area contributed by atoms with Crippen LogP contribution in [0.5, 0.6) is 0 Å². The molecule has 4 N–H and O–H groups in total. The van der Waals surface area contributed by atoms with Gasteiger partial charge in [0.15, 0.2) is 0 Å². The van der Waals surface area contributed by atoms with E-state index in [1.54, 1.807) is 24.4 Å². The average molecular weight is 434 g/mol. The number of anilines is 1. The highest BCUT2D eigenvalue weighted by Gasteiger charge is 2.13. The van der Waals surface area contributed by atoms with Crippen molar-refractivity contribution in [1.29, 1.82) is 5.41 Å². The quantitative estimate of drug-likeness (QED) is 0.300. The minimum absolute atomic E-state index is 0.000330. The topological polar surface area (TPSA) is 118 Å². The standard InChI is InChI=1S/C24H23FN4O3/c1-14-3-6-21(26)19(7-14)22(27)13-29-23(30)18-9-15(11-28-12-18)8-16-4-5-17(10-20(16)25)24(31)32-2/h3-7,9-12,27H,8,13,26H2,1-2H3,(H,29,30). The highest BCUT2D eigenvalue weighted by molar-refractivity contribution is 6.06. The number of ether oxygens (including phenoxy) is 1. The van der Waals surface area contributed by atoms with Gasteiger partial charge in [0.05, 0.1) is 30.5 Å². The Bertz CT molecular complexity index is 1190. The van der Waals surface area contributed by atoms with Gasteiger partial charge in [-0.25, -0.2) is 9.18 Å². The third-order valence-electron chi connectivity index (χ3n) is 4.89. The van der Waals surface area contributed by atoms with Crippen LogP contribution >= 0.6 is 0 Å². The summed E-state index contributed by atoms with van der Waals surface area (Å²) in [7, 11) is 1.23. The van der Waals surface area contributed by atoms with Crippen molar-refractivity contribution in [1.82, 2.24) is 10.3 Å². The molecule has 1 heterocycles. The summed E-state index contributed by atoms with van der Waals surface area (Å²) in [4.78, 5) is 28.1. The molecule has 164 valence electrons. The fourth-order valence-electron chi connectivity index (χ4n) is 3.16. The maximum atomic E-state index is 14.4. The number of aryl methyl sites for hydroxylation is 1. The van der Waals surface area contributed by atoms with E-state index in [2.05, 4.69) is 15.0 Å². The number of aromatic nitrogens is 1. The van der Waals surface area contributed by atoms with Crippen LogP contribution in [0.3, 0.4) is 0 Å². The summed E-state index contributed by atoms with van der Waals surface area (Å²) in [6.45, 7) is 1.90. The largest absolute Gasteiger partial charge is 0.465 e. The molecule has 3 rings (SSSR count). The Morgan fingerprint density at radius 3 is 2.62 bits per heavy atom. The molecule has 7 nitrogen and oxygen atoms in total. The van der Waals surface area contributed by atoms with Crippen molar-refractivity contribution in [2.75, 3.05) is 19.4 Å². The van der Waals surface area contributed by atoms with Gasteiger partial charge in [0.2, 0.25) is 0 Å². The number of carbonyl (C=O) groups excluding carboxylic acids is 2. The van der Waals surface area contributed by atoms with Crippen molar-refractivity contribution >= 4 is 23.3 Å². The molecule has 8 heteroatoms. The van der Waals surface area contributed by atoms with Crippen LogP contribution in [0.2, 0.25) is 0 Å². The molecule has 32 heavy (non-hydrogen) atoms. The molecule has 0 aliphatic rings. The maximum absolute atomic E-state index is 14.4. The fourth-order valence-corrected chi connectivity index (χ4v) is 3.16. The summed E-state index contributed by atoms with van der Waals surface area (Å²) in [5, 5.41) is 10.9. The van der Waals surface area contributed by atoms with Crippen LogP contribution in [0.4, 0.5) is 10.1 Å². The highest BCUT2D eigenvalue weighted by atomic mass is 19.1. The van der Waals surface area contributed by atoms with Crippen LogP contribution in [0.25, 0.3) is 0 Å². The van der Waals surface area contributed by atoms with Gasteiger partial charge in [-0.1, -0.05) is 17.7 Å². The molecule has 2 aromatic carbocycles. The molecule has 0 aliphatic heterocycles. The monoisotopic (exact) mass is 434 g/mol. The molecule has 1 aromatic heterocycles. The van der Waals surface area contributed by atoms with Crippen LogP contribution in [0, 0.1) is 18.2 Å². The number of pyridine rings is 1. The summed E-state index contributed by atoms with van der Waals surface area (Å²) < 4.78 is 19.0. The summed E-state index contributed by atoms with van der Waals surface area (Å²) in [6.07, 6.45) is 3.14. The van der Waals surface area contributed by atoms with Gasteiger partial charge < -0.3 is 21.2 Å². The third-order valence-corrected chi connectivity index (χ3v) is 4.89. The molecule has 0 bridgehead atoms. The van der Waals surface area contributed by atoms with E-state index in [4.69, 9.17) is 11.1 Å². The van der Waals surface area contributed by atoms with Crippen LogP contribution in [0.1, 0.15) is 43.0 Å². The minimum atomic E-state index is -0.617. The number of esters is 1. The first-order valence-electron chi connectivity index (χ1n) is 9.81. The number of nitrogens with one attached hydrogen (secondary N) is 2. The van der Waals surface area contributed by atoms with E-state index in [1.165, 1.54) is 25.4 Å². The molecule has 1 amide bonds. The lowest BCUT2D eigenvalue weighted by Gasteiger charge is -2.11.